The minimum absolute atomic E-state index is 0.314. The molecule has 0 atom stereocenters. The zero-order valence-corrected chi connectivity index (χ0v) is 14.4. The zero-order valence-electron chi connectivity index (χ0n) is 12.8. The number of nitrogens with one attached hydrogen (secondary N) is 2. The third kappa shape index (κ3) is 5.20. The number of ether oxygens (including phenoxy) is 1. The first-order valence-electron chi connectivity index (χ1n) is 7.01. The molecule has 0 saturated carbocycles. The van der Waals surface area contributed by atoms with E-state index in [1.807, 2.05) is 6.07 Å². The fourth-order valence-electron chi connectivity index (χ4n) is 1.93. The average molecular weight is 391 g/mol. The molecule has 0 fully saturated rings. The van der Waals surface area contributed by atoms with Gasteiger partial charge in [0.05, 0.1) is 12.7 Å². The van der Waals surface area contributed by atoms with Crippen molar-refractivity contribution in [3.63, 3.8) is 0 Å². The van der Waals surface area contributed by atoms with Crippen LogP contribution in [0.1, 0.15) is 16.8 Å². The molecule has 0 radical (unpaired) electrons. The summed E-state index contributed by atoms with van der Waals surface area (Å²) in [6.07, 6.45) is -0.314. The van der Waals surface area contributed by atoms with Crippen LogP contribution in [0.2, 0.25) is 0 Å². The first-order valence-corrected chi connectivity index (χ1v) is 7.81. The number of carbonyl (C=O) groups is 3. The highest BCUT2D eigenvalue weighted by atomic mass is 79.9. The van der Waals surface area contributed by atoms with Crippen LogP contribution >= 0.6 is 15.9 Å². The summed E-state index contributed by atoms with van der Waals surface area (Å²) in [5.74, 6) is -1.33. The third-order valence-electron chi connectivity index (χ3n) is 3.02. The largest absolute Gasteiger partial charge is 0.465 e. The summed E-state index contributed by atoms with van der Waals surface area (Å²) in [7, 11) is 1.29. The monoisotopic (exact) mass is 390 g/mol. The fourth-order valence-corrected chi connectivity index (χ4v) is 2.33. The van der Waals surface area contributed by atoms with Gasteiger partial charge in [0.1, 0.15) is 6.42 Å². The molecule has 24 heavy (non-hydrogen) atoms. The number of amides is 2. The highest BCUT2D eigenvalue weighted by molar-refractivity contribution is 9.10. The normalized spacial score (nSPS) is 9.92. The SMILES string of the molecule is COC(=O)c1ccc(NC(=O)CC(=O)Nc2cccc(Br)c2)cc1. The van der Waals surface area contributed by atoms with E-state index in [2.05, 4.69) is 31.3 Å². The van der Waals surface area contributed by atoms with E-state index in [0.717, 1.165) is 4.47 Å². The molecular formula is C17H15BrN2O4. The van der Waals surface area contributed by atoms with Crippen LogP contribution in [-0.2, 0) is 14.3 Å². The number of methoxy groups -OCH3 is 1. The number of hydrogen-bond acceptors (Lipinski definition) is 4. The van der Waals surface area contributed by atoms with Crippen LogP contribution in [0.3, 0.4) is 0 Å². The summed E-state index contributed by atoms with van der Waals surface area (Å²) >= 11 is 3.30. The summed E-state index contributed by atoms with van der Waals surface area (Å²) in [4.78, 5) is 35.1. The van der Waals surface area contributed by atoms with E-state index in [9.17, 15) is 14.4 Å². The van der Waals surface area contributed by atoms with Crippen LogP contribution in [0.5, 0.6) is 0 Å². The summed E-state index contributed by atoms with van der Waals surface area (Å²) in [6, 6.07) is 13.3. The molecule has 0 aromatic heterocycles. The number of anilines is 2. The van der Waals surface area contributed by atoms with Crippen molar-refractivity contribution in [2.45, 2.75) is 6.42 Å². The van der Waals surface area contributed by atoms with Crippen molar-refractivity contribution in [1.82, 2.24) is 0 Å². The van der Waals surface area contributed by atoms with Gasteiger partial charge in [0, 0.05) is 15.8 Å². The van der Waals surface area contributed by atoms with Crippen molar-refractivity contribution in [1.29, 1.82) is 0 Å². The van der Waals surface area contributed by atoms with Crippen molar-refractivity contribution in [2.24, 2.45) is 0 Å². The Morgan fingerprint density at radius 2 is 1.58 bits per heavy atom. The predicted molar refractivity (Wildman–Crippen MR) is 93.8 cm³/mol. The highest BCUT2D eigenvalue weighted by Gasteiger charge is 2.11. The second-order valence-corrected chi connectivity index (χ2v) is 5.77. The maximum absolute atomic E-state index is 11.9. The Morgan fingerprint density at radius 1 is 0.958 bits per heavy atom. The van der Waals surface area contributed by atoms with Crippen LogP contribution in [-0.4, -0.2) is 24.9 Å². The fraction of sp³-hybridized carbons (Fsp3) is 0.118. The van der Waals surface area contributed by atoms with E-state index in [-0.39, 0.29) is 6.42 Å². The molecule has 0 unspecified atom stereocenters. The van der Waals surface area contributed by atoms with Gasteiger partial charge in [-0.2, -0.15) is 0 Å². The van der Waals surface area contributed by atoms with Crippen molar-refractivity contribution >= 4 is 45.1 Å². The van der Waals surface area contributed by atoms with Gasteiger partial charge < -0.3 is 15.4 Å². The molecule has 6 nitrogen and oxygen atoms in total. The van der Waals surface area contributed by atoms with Crippen LogP contribution in [0.25, 0.3) is 0 Å². The molecule has 0 aliphatic rings. The smallest absolute Gasteiger partial charge is 0.337 e. The molecule has 2 rings (SSSR count). The number of halogens is 1. The maximum atomic E-state index is 11.9. The molecule has 0 bridgehead atoms. The first-order chi connectivity index (χ1) is 11.5. The number of hydrogen-bond donors (Lipinski definition) is 2. The lowest BCUT2D eigenvalue weighted by molar-refractivity contribution is -0.123. The standard InChI is InChI=1S/C17H15BrN2O4/c1-24-17(23)11-5-7-13(8-6-11)19-15(21)10-16(22)20-14-4-2-3-12(18)9-14/h2-9H,10H2,1H3,(H,19,21)(H,20,22). The van der Waals surface area contributed by atoms with Gasteiger partial charge in [-0.15, -0.1) is 0 Å². The lowest BCUT2D eigenvalue weighted by Gasteiger charge is -2.07. The van der Waals surface area contributed by atoms with Gasteiger partial charge in [0.2, 0.25) is 11.8 Å². The van der Waals surface area contributed by atoms with Gasteiger partial charge >= 0.3 is 5.97 Å². The van der Waals surface area contributed by atoms with Crippen LogP contribution in [0.4, 0.5) is 11.4 Å². The molecule has 0 saturated heterocycles. The molecule has 0 heterocycles. The Balaban J connectivity index is 1.88. The molecule has 0 aliphatic heterocycles. The summed E-state index contributed by atoms with van der Waals surface area (Å²) in [6.45, 7) is 0. The predicted octanol–water partition coefficient (Wildman–Crippen LogP) is 3.20. The topological polar surface area (TPSA) is 84.5 Å². The summed E-state index contributed by atoms with van der Waals surface area (Å²) in [5, 5.41) is 5.23. The van der Waals surface area contributed by atoms with Gasteiger partial charge in [-0.25, -0.2) is 4.79 Å². The summed E-state index contributed by atoms with van der Waals surface area (Å²) < 4.78 is 5.42. The first kappa shape index (κ1) is 17.7. The third-order valence-corrected chi connectivity index (χ3v) is 3.51. The summed E-state index contributed by atoms with van der Waals surface area (Å²) in [5.41, 5.74) is 1.47. The molecule has 7 heteroatoms. The van der Waals surface area contributed by atoms with E-state index < -0.39 is 17.8 Å². The molecule has 2 aromatic rings. The number of carbonyl (C=O) groups excluding carboxylic acids is 3. The second kappa shape index (κ2) is 8.26. The van der Waals surface area contributed by atoms with Crippen molar-refractivity contribution < 1.29 is 19.1 Å². The Morgan fingerprint density at radius 3 is 2.17 bits per heavy atom. The maximum Gasteiger partial charge on any atom is 0.337 e. The molecule has 124 valence electrons. The van der Waals surface area contributed by atoms with Gasteiger partial charge in [-0.05, 0) is 42.5 Å². The molecule has 2 N–H and O–H groups in total. The van der Waals surface area contributed by atoms with Crippen molar-refractivity contribution in [3.8, 4) is 0 Å². The number of benzene rings is 2. The van der Waals surface area contributed by atoms with Gasteiger partial charge in [0.15, 0.2) is 0 Å². The minimum Gasteiger partial charge on any atom is -0.465 e. The van der Waals surface area contributed by atoms with Gasteiger partial charge in [-0.1, -0.05) is 22.0 Å². The Kier molecular flexibility index (Phi) is 6.08. The van der Waals surface area contributed by atoms with E-state index in [0.29, 0.717) is 16.9 Å². The Labute approximate surface area is 147 Å². The minimum atomic E-state index is -0.457. The van der Waals surface area contributed by atoms with E-state index in [4.69, 9.17) is 0 Å². The average Bonchev–Trinajstić information content (AvgIpc) is 2.54. The van der Waals surface area contributed by atoms with Gasteiger partial charge in [-0.3, -0.25) is 9.59 Å². The molecule has 0 spiro atoms. The van der Waals surface area contributed by atoms with E-state index in [1.54, 1.807) is 30.3 Å². The zero-order chi connectivity index (χ0) is 17.5. The Bertz CT molecular complexity index is 759. The molecular weight excluding hydrogens is 376 g/mol. The number of rotatable bonds is 5. The van der Waals surface area contributed by atoms with E-state index in [1.165, 1.54) is 19.2 Å². The van der Waals surface area contributed by atoms with Gasteiger partial charge in [0.25, 0.3) is 0 Å². The Hall–Kier alpha value is -2.67. The van der Waals surface area contributed by atoms with Crippen LogP contribution < -0.4 is 10.6 Å². The molecule has 0 aliphatic carbocycles. The van der Waals surface area contributed by atoms with E-state index >= 15 is 0 Å². The molecule has 2 amide bonds. The number of esters is 1. The van der Waals surface area contributed by atoms with Crippen LogP contribution in [0, 0.1) is 0 Å². The lowest BCUT2D eigenvalue weighted by atomic mass is 10.2. The van der Waals surface area contributed by atoms with Crippen molar-refractivity contribution in [3.05, 3.63) is 58.6 Å². The lowest BCUT2D eigenvalue weighted by Crippen LogP contribution is -2.21. The highest BCUT2D eigenvalue weighted by Crippen LogP contribution is 2.16. The van der Waals surface area contributed by atoms with Crippen LogP contribution in [0.15, 0.2) is 53.0 Å². The second-order valence-electron chi connectivity index (χ2n) is 4.85. The van der Waals surface area contributed by atoms with Crippen molar-refractivity contribution in [2.75, 3.05) is 17.7 Å². The molecule has 2 aromatic carbocycles. The quantitative estimate of drug-likeness (QED) is 0.606.